The fourth-order valence-electron chi connectivity index (χ4n) is 4.21. The first-order valence-corrected chi connectivity index (χ1v) is 8.47. The van der Waals surface area contributed by atoms with Gasteiger partial charge in [0.1, 0.15) is 0 Å². The molecule has 1 heterocycles. The Balaban J connectivity index is 2.06. The number of aliphatic imine (C=N–C) groups is 1. The third-order valence-electron chi connectivity index (χ3n) is 4.91. The Morgan fingerprint density at radius 3 is 2.71 bits per heavy atom. The van der Waals surface area contributed by atoms with Crippen LogP contribution in [0.4, 0.5) is 5.69 Å². The molecule has 1 aliphatic carbocycles. The highest BCUT2D eigenvalue weighted by atomic mass is 79.9. The number of halogens is 2. The summed E-state index contributed by atoms with van der Waals surface area (Å²) in [5.74, 6) is 1.17. The highest BCUT2D eigenvalue weighted by Gasteiger charge is 2.55. The van der Waals surface area contributed by atoms with E-state index >= 15 is 0 Å². The molecule has 1 saturated carbocycles. The molecule has 3 nitrogen and oxygen atoms in total. The minimum atomic E-state index is 0.000846. The van der Waals surface area contributed by atoms with Gasteiger partial charge in [0, 0.05) is 10.2 Å². The van der Waals surface area contributed by atoms with Crippen LogP contribution >= 0.6 is 27.5 Å². The summed E-state index contributed by atoms with van der Waals surface area (Å²) in [5.41, 5.74) is 7.62. The Hall–Kier alpha value is -0.740. The predicted octanol–water partition coefficient (Wildman–Crippen LogP) is 4.43. The number of benzene rings is 1. The minimum Gasteiger partial charge on any atom is -0.369 e. The Labute approximate surface area is 139 Å². The fraction of sp³-hybridized carbons (Fsp3) is 0.562. The minimum absolute atomic E-state index is 0.000846. The monoisotopic (exact) mass is 369 g/mol. The van der Waals surface area contributed by atoms with Crippen LogP contribution in [-0.2, 0) is 0 Å². The second-order valence-corrected chi connectivity index (χ2v) is 8.42. The van der Waals surface area contributed by atoms with E-state index in [-0.39, 0.29) is 5.54 Å². The summed E-state index contributed by atoms with van der Waals surface area (Å²) in [6, 6.07) is 5.97. The van der Waals surface area contributed by atoms with E-state index in [1.165, 1.54) is 6.42 Å². The normalized spacial score (nSPS) is 31.0. The van der Waals surface area contributed by atoms with Gasteiger partial charge in [-0.25, -0.2) is 0 Å². The SMILES string of the molecule is CC1CC(C)(C)CC12CN=C(N)N2c1ccc(Cl)c(Br)c1. The van der Waals surface area contributed by atoms with Gasteiger partial charge in [0.15, 0.2) is 5.96 Å². The van der Waals surface area contributed by atoms with Gasteiger partial charge in [-0.3, -0.25) is 4.99 Å². The molecule has 0 aromatic heterocycles. The topological polar surface area (TPSA) is 41.6 Å². The second kappa shape index (κ2) is 4.88. The first-order chi connectivity index (χ1) is 9.75. The summed E-state index contributed by atoms with van der Waals surface area (Å²) in [6.07, 6.45) is 2.30. The van der Waals surface area contributed by atoms with Crippen molar-refractivity contribution < 1.29 is 0 Å². The van der Waals surface area contributed by atoms with Crippen LogP contribution in [0.25, 0.3) is 0 Å². The van der Waals surface area contributed by atoms with E-state index in [1.54, 1.807) is 0 Å². The van der Waals surface area contributed by atoms with Gasteiger partial charge in [-0.2, -0.15) is 0 Å². The van der Waals surface area contributed by atoms with Crippen molar-refractivity contribution in [3.8, 4) is 0 Å². The van der Waals surface area contributed by atoms with Gasteiger partial charge >= 0.3 is 0 Å². The number of guanidine groups is 1. The maximum atomic E-state index is 6.23. The van der Waals surface area contributed by atoms with Gasteiger partial charge in [-0.05, 0) is 58.3 Å². The molecule has 0 radical (unpaired) electrons. The molecule has 3 rings (SSSR count). The van der Waals surface area contributed by atoms with Gasteiger partial charge in [0.2, 0.25) is 0 Å². The average Bonchev–Trinajstić information content (AvgIpc) is 2.81. The van der Waals surface area contributed by atoms with E-state index in [0.717, 1.165) is 23.1 Å². The van der Waals surface area contributed by atoms with Crippen molar-refractivity contribution in [1.82, 2.24) is 0 Å². The number of nitrogens with zero attached hydrogens (tertiary/aromatic N) is 2. The van der Waals surface area contributed by atoms with Crippen LogP contribution in [-0.4, -0.2) is 18.0 Å². The van der Waals surface area contributed by atoms with Crippen LogP contribution in [0.2, 0.25) is 5.02 Å². The first-order valence-electron chi connectivity index (χ1n) is 7.30. The maximum absolute atomic E-state index is 6.23. The first kappa shape index (κ1) is 15.2. The molecule has 21 heavy (non-hydrogen) atoms. The zero-order valence-corrected chi connectivity index (χ0v) is 15.0. The van der Waals surface area contributed by atoms with Crippen molar-refractivity contribution in [3.63, 3.8) is 0 Å². The molecule has 2 atom stereocenters. The molecule has 2 N–H and O–H groups in total. The molecule has 0 saturated heterocycles. The average molecular weight is 371 g/mol. The lowest BCUT2D eigenvalue weighted by Gasteiger charge is -2.40. The molecule has 1 aliphatic heterocycles. The van der Waals surface area contributed by atoms with Crippen LogP contribution in [0.5, 0.6) is 0 Å². The molecule has 1 fully saturated rings. The molecule has 5 heteroatoms. The van der Waals surface area contributed by atoms with Crippen molar-refractivity contribution in [2.75, 3.05) is 11.4 Å². The molecular weight excluding hydrogens is 350 g/mol. The van der Waals surface area contributed by atoms with E-state index in [0.29, 0.717) is 22.3 Å². The Bertz CT molecular complexity index is 614. The summed E-state index contributed by atoms with van der Waals surface area (Å²) in [5, 5.41) is 0.710. The van der Waals surface area contributed by atoms with Crippen molar-refractivity contribution in [1.29, 1.82) is 0 Å². The standard InChI is InChI=1S/C16H21BrClN3/c1-10-7-15(2,3)8-16(10)9-20-14(19)21(16)11-4-5-13(18)12(17)6-11/h4-6,10H,7-9H2,1-3H3,(H2,19,20). The maximum Gasteiger partial charge on any atom is 0.196 e. The van der Waals surface area contributed by atoms with Gasteiger partial charge in [0.05, 0.1) is 17.1 Å². The lowest BCUT2D eigenvalue weighted by molar-refractivity contribution is 0.341. The molecule has 2 aliphatic rings. The van der Waals surface area contributed by atoms with Crippen LogP contribution < -0.4 is 10.6 Å². The smallest absolute Gasteiger partial charge is 0.196 e. The molecule has 0 amide bonds. The molecule has 1 aromatic carbocycles. The van der Waals surface area contributed by atoms with E-state index in [1.807, 2.05) is 18.2 Å². The third-order valence-corrected chi connectivity index (χ3v) is 6.13. The Kier molecular flexibility index (Phi) is 3.53. The molecule has 1 aromatic rings. The molecule has 0 bridgehead atoms. The van der Waals surface area contributed by atoms with E-state index in [4.69, 9.17) is 17.3 Å². The van der Waals surface area contributed by atoms with Gasteiger partial charge < -0.3 is 10.6 Å². The van der Waals surface area contributed by atoms with Crippen molar-refractivity contribution in [2.24, 2.45) is 22.1 Å². The van der Waals surface area contributed by atoms with E-state index in [2.05, 4.69) is 46.6 Å². The fourth-order valence-corrected chi connectivity index (χ4v) is 4.69. The highest BCUT2D eigenvalue weighted by molar-refractivity contribution is 9.10. The predicted molar refractivity (Wildman–Crippen MR) is 93.0 cm³/mol. The summed E-state index contributed by atoms with van der Waals surface area (Å²) < 4.78 is 0.890. The van der Waals surface area contributed by atoms with Gasteiger partial charge in [-0.15, -0.1) is 0 Å². The molecular formula is C16H21BrClN3. The van der Waals surface area contributed by atoms with Crippen LogP contribution in [0.1, 0.15) is 33.6 Å². The highest BCUT2D eigenvalue weighted by Crippen LogP contribution is 2.53. The van der Waals surface area contributed by atoms with E-state index in [9.17, 15) is 0 Å². The van der Waals surface area contributed by atoms with Crippen molar-refractivity contribution in [3.05, 3.63) is 27.7 Å². The largest absolute Gasteiger partial charge is 0.369 e. The van der Waals surface area contributed by atoms with Crippen molar-refractivity contribution in [2.45, 2.75) is 39.2 Å². The van der Waals surface area contributed by atoms with Crippen LogP contribution in [0.15, 0.2) is 27.7 Å². The summed E-state index contributed by atoms with van der Waals surface area (Å²) >= 11 is 9.63. The number of anilines is 1. The third kappa shape index (κ3) is 2.36. The lowest BCUT2D eigenvalue weighted by Crippen LogP contribution is -2.54. The van der Waals surface area contributed by atoms with E-state index < -0.39 is 0 Å². The Morgan fingerprint density at radius 2 is 2.14 bits per heavy atom. The summed E-state index contributed by atoms with van der Waals surface area (Å²) in [7, 11) is 0. The Morgan fingerprint density at radius 1 is 1.43 bits per heavy atom. The lowest BCUT2D eigenvalue weighted by atomic mass is 9.85. The molecule has 114 valence electrons. The summed E-state index contributed by atoms with van der Waals surface area (Å²) in [6.45, 7) is 7.77. The number of hydrogen-bond acceptors (Lipinski definition) is 3. The zero-order chi connectivity index (χ0) is 15.4. The van der Waals surface area contributed by atoms with Gasteiger partial charge in [-0.1, -0.05) is 32.4 Å². The van der Waals surface area contributed by atoms with Crippen LogP contribution in [0, 0.1) is 11.3 Å². The zero-order valence-electron chi connectivity index (χ0n) is 12.7. The summed E-state index contributed by atoms with van der Waals surface area (Å²) in [4.78, 5) is 6.80. The molecule has 2 unspecified atom stereocenters. The number of rotatable bonds is 1. The second-order valence-electron chi connectivity index (χ2n) is 7.16. The quantitative estimate of drug-likeness (QED) is 0.794. The van der Waals surface area contributed by atoms with Crippen LogP contribution in [0.3, 0.4) is 0 Å². The number of nitrogens with two attached hydrogens (primary N) is 1. The molecule has 1 spiro atoms. The van der Waals surface area contributed by atoms with Gasteiger partial charge in [0.25, 0.3) is 0 Å². The number of hydrogen-bond donors (Lipinski definition) is 1. The van der Waals surface area contributed by atoms with Crippen molar-refractivity contribution >= 4 is 39.2 Å².